The third-order valence-electron chi connectivity index (χ3n) is 5.19. The molecule has 1 saturated carbocycles. The van der Waals surface area contributed by atoms with Gasteiger partial charge >= 0.3 is 0 Å². The van der Waals surface area contributed by atoms with E-state index in [0.29, 0.717) is 5.69 Å². The molecule has 0 radical (unpaired) electrons. The topological polar surface area (TPSA) is 58.4 Å². The highest BCUT2D eigenvalue weighted by Crippen LogP contribution is 2.35. The Morgan fingerprint density at radius 1 is 1.27 bits per heavy atom. The maximum absolute atomic E-state index is 12.8. The second-order valence-electron chi connectivity index (χ2n) is 7.00. The molecule has 1 aromatic heterocycles. The summed E-state index contributed by atoms with van der Waals surface area (Å²) in [6.45, 7) is 4.90. The molecular formula is C17H27N3O2. The van der Waals surface area contributed by atoms with Crippen LogP contribution in [0.25, 0.3) is 0 Å². The van der Waals surface area contributed by atoms with E-state index >= 15 is 0 Å². The summed E-state index contributed by atoms with van der Waals surface area (Å²) in [5.74, 6) is 0.270. The van der Waals surface area contributed by atoms with Crippen molar-refractivity contribution < 1.29 is 9.90 Å². The van der Waals surface area contributed by atoms with Crippen LogP contribution in [-0.4, -0.2) is 44.4 Å². The first-order chi connectivity index (χ1) is 10.6. The van der Waals surface area contributed by atoms with Crippen LogP contribution in [0.2, 0.25) is 0 Å². The van der Waals surface area contributed by atoms with Crippen LogP contribution < -0.4 is 0 Å². The van der Waals surface area contributed by atoms with Crippen molar-refractivity contribution in [2.24, 2.45) is 5.92 Å². The highest BCUT2D eigenvalue weighted by atomic mass is 16.3. The van der Waals surface area contributed by atoms with Gasteiger partial charge in [-0.15, -0.1) is 0 Å². The average Bonchev–Trinajstić information content (AvgIpc) is 3.16. The standard InChI is InChI=1S/C17H27N3O2/c1-12(2)20-11-9-14(18-20)17(22)19-10-5-7-15(19)13-6-3-4-8-16(13)21/h9,11-13,15-16,21H,3-8,10H2,1-2H3/t13-,15+,16-/m0/s1. The summed E-state index contributed by atoms with van der Waals surface area (Å²) in [6, 6.07) is 2.26. The van der Waals surface area contributed by atoms with Crippen LogP contribution in [0, 0.1) is 5.92 Å². The Hall–Kier alpha value is -1.36. The van der Waals surface area contributed by atoms with Gasteiger partial charge in [-0.05, 0) is 45.6 Å². The van der Waals surface area contributed by atoms with Crippen LogP contribution >= 0.6 is 0 Å². The number of hydrogen-bond donors (Lipinski definition) is 1. The van der Waals surface area contributed by atoms with E-state index in [4.69, 9.17) is 0 Å². The van der Waals surface area contributed by atoms with Crippen molar-refractivity contribution in [2.75, 3.05) is 6.54 Å². The Bertz CT molecular complexity index is 526. The van der Waals surface area contributed by atoms with Crippen molar-refractivity contribution in [2.45, 2.75) is 70.6 Å². The first-order valence-electron chi connectivity index (χ1n) is 8.62. The Labute approximate surface area is 132 Å². The number of aromatic nitrogens is 2. The van der Waals surface area contributed by atoms with Crippen molar-refractivity contribution in [1.29, 1.82) is 0 Å². The normalized spacial score (nSPS) is 29.3. The molecule has 1 aromatic rings. The van der Waals surface area contributed by atoms with Crippen LogP contribution in [0.5, 0.6) is 0 Å². The van der Waals surface area contributed by atoms with Crippen molar-refractivity contribution in [3.63, 3.8) is 0 Å². The summed E-state index contributed by atoms with van der Waals surface area (Å²) in [5, 5.41) is 14.7. The van der Waals surface area contributed by atoms with Crippen molar-refractivity contribution in [3.05, 3.63) is 18.0 Å². The number of nitrogens with zero attached hydrogens (tertiary/aromatic N) is 3. The largest absolute Gasteiger partial charge is 0.393 e. The molecule has 122 valence electrons. The summed E-state index contributed by atoms with van der Waals surface area (Å²) in [6.07, 6.45) is 7.86. The van der Waals surface area contributed by atoms with E-state index in [1.54, 1.807) is 0 Å². The smallest absolute Gasteiger partial charge is 0.274 e. The van der Waals surface area contributed by atoms with E-state index < -0.39 is 0 Å². The second-order valence-corrected chi connectivity index (χ2v) is 7.00. The maximum Gasteiger partial charge on any atom is 0.274 e. The highest BCUT2D eigenvalue weighted by molar-refractivity contribution is 5.92. The zero-order chi connectivity index (χ0) is 15.7. The van der Waals surface area contributed by atoms with Gasteiger partial charge in [0.05, 0.1) is 6.10 Å². The molecule has 0 unspecified atom stereocenters. The molecule has 2 heterocycles. The predicted molar refractivity (Wildman–Crippen MR) is 84.6 cm³/mol. The number of hydrogen-bond acceptors (Lipinski definition) is 3. The van der Waals surface area contributed by atoms with Crippen LogP contribution in [0.15, 0.2) is 12.3 Å². The molecule has 22 heavy (non-hydrogen) atoms. The number of rotatable bonds is 3. The van der Waals surface area contributed by atoms with Gasteiger partial charge in [0.15, 0.2) is 0 Å². The van der Waals surface area contributed by atoms with Gasteiger partial charge < -0.3 is 10.0 Å². The summed E-state index contributed by atoms with van der Waals surface area (Å²) < 4.78 is 1.83. The summed E-state index contributed by atoms with van der Waals surface area (Å²) >= 11 is 0. The minimum atomic E-state index is -0.250. The Morgan fingerprint density at radius 3 is 2.73 bits per heavy atom. The van der Waals surface area contributed by atoms with Gasteiger partial charge in [0.2, 0.25) is 0 Å². The lowest BCUT2D eigenvalue weighted by Crippen LogP contribution is -2.45. The van der Waals surface area contributed by atoms with E-state index in [1.165, 1.54) is 6.42 Å². The molecule has 1 saturated heterocycles. The molecule has 5 heteroatoms. The van der Waals surface area contributed by atoms with Crippen molar-refractivity contribution in [1.82, 2.24) is 14.7 Å². The van der Waals surface area contributed by atoms with Gasteiger partial charge in [0, 0.05) is 30.7 Å². The van der Waals surface area contributed by atoms with Gasteiger partial charge in [-0.3, -0.25) is 9.48 Å². The van der Waals surface area contributed by atoms with E-state index in [9.17, 15) is 9.90 Å². The Morgan fingerprint density at radius 2 is 2.05 bits per heavy atom. The zero-order valence-corrected chi connectivity index (χ0v) is 13.6. The van der Waals surface area contributed by atoms with Gasteiger partial charge in [-0.2, -0.15) is 5.10 Å². The van der Waals surface area contributed by atoms with E-state index in [-0.39, 0.29) is 30.0 Å². The molecule has 0 bridgehead atoms. The lowest BCUT2D eigenvalue weighted by molar-refractivity contribution is 0.0209. The first-order valence-corrected chi connectivity index (χ1v) is 8.62. The number of amides is 1. The molecule has 1 amide bonds. The number of aliphatic hydroxyl groups excluding tert-OH is 1. The number of aliphatic hydroxyl groups is 1. The van der Waals surface area contributed by atoms with Gasteiger partial charge in [0.25, 0.3) is 5.91 Å². The lowest BCUT2D eigenvalue weighted by atomic mass is 9.80. The molecule has 1 N–H and O–H groups in total. The number of carbonyl (C=O) groups is 1. The van der Waals surface area contributed by atoms with Crippen LogP contribution in [0.3, 0.4) is 0 Å². The minimum Gasteiger partial charge on any atom is -0.393 e. The molecule has 5 nitrogen and oxygen atoms in total. The number of carbonyl (C=O) groups excluding carboxylic acids is 1. The Kier molecular flexibility index (Phi) is 4.52. The number of likely N-dealkylation sites (tertiary alicyclic amines) is 1. The predicted octanol–water partition coefficient (Wildman–Crippen LogP) is 2.62. The molecule has 0 spiro atoms. The zero-order valence-electron chi connectivity index (χ0n) is 13.6. The van der Waals surface area contributed by atoms with E-state index in [1.807, 2.05) is 21.8 Å². The molecule has 2 aliphatic rings. The fourth-order valence-electron chi connectivity index (χ4n) is 3.97. The average molecular weight is 305 g/mol. The summed E-state index contributed by atoms with van der Waals surface area (Å²) in [5.41, 5.74) is 0.533. The molecule has 0 aromatic carbocycles. The second kappa shape index (κ2) is 6.41. The minimum absolute atomic E-state index is 0.0275. The third-order valence-corrected chi connectivity index (χ3v) is 5.19. The van der Waals surface area contributed by atoms with Gasteiger partial charge in [-0.1, -0.05) is 12.8 Å². The summed E-state index contributed by atoms with van der Waals surface area (Å²) in [4.78, 5) is 14.8. The Balaban J connectivity index is 1.75. The third kappa shape index (κ3) is 2.91. The van der Waals surface area contributed by atoms with Crippen LogP contribution in [0.1, 0.15) is 68.9 Å². The molecule has 2 fully saturated rings. The van der Waals surface area contributed by atoms with E-state index in [2.05, 4.69) is 18.9 Å². The van der Waals surface area contributed by atoms with E-state index in [0.717, 1.165) is 38.6 Å². The van der Waals surface area contributed by atoms with Gasteiger partial charge in [-0.25, -0.2) is 0 Å². The molecule has 3 atom stereocenters. The lowest BCUT2D eigenvalue weighted by Gasteiger charge is -2.37. The summed E-state index contributed by atoms with van der Waals surface area (Å²) in [7, 11) is 0. The quantitative estimate of drug-likeness (QED) is 0.934. The fraction of sp³-hybridized carbons (Fsp3) is 0.765. The molecular weight excluding hydrogens is 278 g/mol. The van der Waals surface area contributed by atoms with Gasteiger partial charge in [0.1, 0.15) is 5.69 Å². The molecule has 1 aliphatic heterocycles. The van der Waals surface area contributed by atoms with Crippen LogP contribution in [0.4, 0.5) is 0 Å². The first kappa shape index (κ1) is 15.5. The maximum atomic E-state index is 12.8. The molecule has 1 aliphatic carbocycles. The fourth-order valence-corrected chi connectivity index (χ4v) is 3.97. The monoisotopic (exact) mass is 305 g/mol. The highest BCUT2D eigenvalue weighted by Gasteiger charge is 2.39. The molecule has 3 rings (SSSR count). The van der Waals surface area contributed by atoms with Crippen molar-refractivity contribution in [3.8, 4) is 0 Å². The van der Waals surface area contributed by atoms with Crippen LogP contribution in [-0.2, 0) is 0 Å². The van der Waals surface area contributed by atoms with Crippen molar-refractivity contribution >= 4 is 5.91 Å². The SMILES string of the molecule is CC(C)n1ccc(C(=O)N2CCC[C@@H]2[C@@H]2CCCC[C@@H]2O)n1.